The van der Waals surface area contributed by atoms with E-state index in [1.807, 2.05) is 18.2 Å². The van der Waals surface area contributed by atoms with Gasteiger partial charge in [-0.1, -0.05) is 37.1 Å². The van der Waals surface area contributed by atoms with E-state index < -0.39 is 0 Å². The first-order valence-electron chi connectivity index (χ1n) is 5.52. The number of hydrogen-bond donors (Lipinski definition) is 0. The van der Waals surface area contributed by atoms with Gasteiger partial charge in [0, 0.05) is 0 Å². The molecule has 0 saturated heterocycles. The van der Waals surface area contributed by atoms with Crippen molar-refractivity contribution in [1.82, 2.24) is 9.78 Å². The van der Waals surface area contributed by atoms with Gasteiger partial charge in [0.05, 0.1) is 11.4 Å². The molecule has 16 heavy (non-hydrogen) atoms. The molecule has 0 amide bonds. The fourth-order valence-corrected chi connectivity index (χ4v) is 1.98. The second kappa shape index (κ2) is 4.71. The SMILES string of the molecule is CCCc1cc(Cl)n(-c2cccc(C)c2)n1. The molecule has 1 aromatic heterocycles. The van der Waals surface area contributed by atoms with Crippen LogP contribution in [0.2, 0.25) is 5.15 Å². The standard InChI is InChI=1S/C13H15ClN2/c1-3-5-11-9-13(14)16(15-11)12-7-4-6-10(2)8-12/h4,6-9H,3,5H2,1-2H3. The summed E-state index contributed by atoms with van der Waals surface area (Å²) in [5.41, 5.74) is 3.28. The lowest BCUT2D eigenvalue weighted by molar-refractivity contribution is 0.806. The maximum atomic E-state index is 6.17. The molecule has 0 bridgehead atoms. The van der Waals surface area contributed by atoms with E-state index >= 15 is 0 Å². The van der Waals surface area contributed by atoms with Crippen LogP contribution in [0.15, 0.2) is 30.3 Å². The van der Waals surface area contributed by atoms with E-state index in [1.54, 1.807) is 4.68 Å². The van der Waals surface area contributed by atoms with Crippen LogP contribution in [0.25, 0.3) is 5.69 Å². The lowest BCUT2D eigenvalue weighted by Gasteiger charge is -2.03. The molecule has 0 aliphatic rings. The zero-order valence-electron chi connectivity index (χ0n) is 9.57. The summed E-state index contributed by atoms with van der Waals surface area (Å²) in [5.74, 6) is 0. The van der Waals surface area contributed by atoms with Crippen LogP contribution in [0, 0.1) is 6.92 Å². The fraction of sp³-hybridized carbons (Fsp3) is 0.308. The number of benzene rings is 1. The lowest BCUT2D eigenvalue weighted by Crippen LogP contribution is -1.97. The molecule has 0 N–H and O–H groups in total. The third kappa shape index (κ3) is 2.27. The molecule has 0 spiro atoms. The lowest BCUT2D eigenvalue weighted by atomic mass is 10.2. The van der Waals surface area contributed by atoms with Crippen molar-refractivity contribution in [3.63, 3.8) is 0 Å². The molecule has 3 heteroatoms. The van der Waals surface area contributed by atoms with Gasteiger partial charge < -0.3 is 0 Å². The van der Waals surface area contributed by atoms with Crippen LogP contribution in [0.3, 0.4) is 0 Å². The molecule has 2 nitrogen and oxygen atoms in total. The second-order valence-electron chi connectivity index (χ2n) is 3.96. The summed E-state index contributed by atoms with van der Waals surface area (Å²) in [6.07, 6.45) is 2.06. The minimum Gasteiger partial charge on any atom is -0.222 e. The molecule has 0 unspecified atom stereocenters. The number of halogens is 1. The van der Waals surface area contributed by atoms with Gasteiger partial charge in [0.2, 0.25) is 0 Å². The van der Waals surface area contributed by atoms with Crippen LogP contribution in [-0.2, 0) is 6.42 Å². The normalized spacial score (nSPS) is 10.7. The molecular weight excluding hydrogens is 220 g/mol. The van der Waals surface area contributed by atoms with Crippen molar-refractivity contribution in [1.29, 1.82) is 0 Å². The van der Waals surface area contributed by atoms with Gasteiger partial charge >= 0.3 is 0 Å². The molecule has 0 aliphatic carbocycles. The van der Waals surface area contributed by atoms with Crippen molar-refractivity contribution >= 4 is 11.6 Å². The van der Waals surface area contributed by atoms with Crippen LogP contribution in [-0.4, -0.2) is 9.78 Å². The summed E-state index contributed by atoms with van der Waals surface area (Å²) in [5, 5.41) is 5.17. The van der Waals surface area contributed by atoms with E-state index in [0.717, 1.165) is 24.2 Å². The van der Waals surface area contributed by atoms with E-state index in [4.69, 9.17) is 11.6 Å². The topological polar surface area (TPSA) is 17.8 Å². The molecule has 2 aromatic rings. The Bertz CT molecular complexity index is 488. The third-order valence-electron chi connectivity index (χ3n) is 2.47. The molecule has 84 valence electrons. The zero-order valence-corrected chi connectivity index (χ0v) is 10.3. The first kappa shape index (κ1) is 11.2. The predicted molar refractivity (Wildman–Crippen MR) is 67.3 cm³/mol. The molecule has 0 aliphatic heterocycles. The summed E-state index contributed by atoms with van der Waals surface area (Å²) < 4.78 is 1.79. The summed E-state index contributed by atoms with van der Waals surface area (Å²) in [4.78, 5) is 0. The first-order valence-corrected chi connectivity index (χ1v) is 5.90. The molecule has 1 heterocycles. The van der Waals surface area contributed by atoms with Gasteiger partial charge in [0.15, 0.2) is 0 Å². The van der Waals surface area contributed by atoms with Gasteiger partial charge in [-0.15, -0.1) is 0 Å². The van der Waals surface area contributed by atoms with Crippen LogP contribution in [0.4, 0.5) is 0 Å². The average Bonchev–Trinajstić information content (AvgIpc) is 2.60. The van der Waals surface area contributed by atoms with E-state index in [1.165, 1.54) is 5.56 Å². The van der Waals surface area contributed by atoms with Crippen molar-refractivity contribution in [3.05, 3.63) is 46.7 Å². The van der Waals surface area contributed by atoms with E-state index in [9.17, 15) is 0 Å². The number of hydrogen-bond acceptors (Lipinski definition) is 1. The Morgan fingerprint density at radius 2 is 2.12 bits per heavy atom. The monoisotopic (exact) mass is 234 g/mol. The van der Waals surface area contributed by atoms with Gasteiger partial charge in [-0.25, -0.2) is 4.68 Å². The van der Waals surface area contributed by atoms with Crippen molar-refractivity contribution in [2.45, 2.75) is 26.7 Å². The van der Waals surface area contributed by atoms with Crippen molar-refractivity contribution in [3.8, 4) is 5.69 Å². The number of rotatable bonds is 3. The molecular formula is C13H15ClN2. The zero-order chi connectivity index (χ0) is 11.5. The predicted octanol–water partition coefficient (Wildman–Crippen LogP) is 3.79. The quantitative estimate of drug-likeness (QED) is 0.790. The van der Waals surface area contributed by atoms with E-state index in [-0.39, 0.29) is 0 Å². The summed E-state index contributed by atoms with van der Waals surface area (Å²) in [7, 11) is 0. The average molecular weight is 235 g/mol. The third-order valence-corrected chi connectivity index (χ3v) is 2.74. The number of aryl methyl sites for hydroxylation is 2. The van der Waals surface area contributed by atoms with Crippen LogP contribution < -0.4 is 0 Å². The smallest absolute Gasteiger partial charge is 0.133 e. The maximum Gasteiger partial charge on any atom is 0.133 e. The highest BCUT2D eigenvalue weighted by atomic mass is 35.5. The second-order valence-corrected chi connectivity index (χ2v) is 4.35. The highest BCUT2D eigenvalue weighted by molar-refractivity contribution is 6.29. The Hall–Kier alpha value is -1.28. The van der Waals surface area contributed by atoms with Gasteiger partial charge in [-0.3, -0.25) is 0 Å². The Labute approximate surface area is 101 Å². The highest BCUT2D eigenvalue weighted by Crippen LogP contribution is 2.18. The minimum absolute atomic E-state index is 0.675. The van der Waals surface area contributed by atoms with Gasteiger partial charge in [-0.2, -0.15) is 5.10 Å². The Morgan fingerprint density at radius 1 is 1.31 bits per heavy atom. The van der Waals surface area contributed by atoms with Gasteiger partial charge in [0.1, 0.15) is 5.15 Å². The van der Waals surface area contributed by atoms with Gasteiger partial charge in [-0.05, 0) is 37.1 Å². The minimum atomic E-state index is 0.675. The maximum absolute atomic E-state index is 6.17. The molecule has 0 saturated carbocycles. The van der Waals surface area contributed by atoms with Crippen LogP contribution in [0.1, 0.15) is 24.6 Å². The molecule has 0 fully saturated rings. The first-order chi connectivity index (χ1) is 7.70. The summed E-state index contributed by atoms with van der Waals surface area (Å²) in [6, 6.07) is 10.1. The molecule has 2 rings (SSSR count). The molecule has 1 aromatic carbocycles. The Balaban J connectivity index is 2.40. The highest BCUT2D eigenvalue weighted by Gasteiger charge is 2.06. The van der Waals surface area contributed by atoms with Crippen LogP contribution >= 0.6 is 11.6 Å². The van der Waals surface area contributed by atoms with E-state index in [0.29, 0.717) is 5.15 Å². The van der Waals surface area contributed by atoms with Crippen molar-refractivity contribution in [2.75, 3.05) is 0 Å². The Morgan fingerprint density at radius 3 is 2.81 bits per heavy atom. The van der Waals surface area contributed by atoms with Crippen molar-refractivity contribution in [2.24, 2.45) is 0 Å². The summed E-state index contributed by atoms with van der Waals surface area (Å²) in [6.45, 7) is 4.20. The van der Waals surface area contributed by atoms with E-state index in [2.05, 4.69) is 31.1 Å². The summed E-state index contributed by atoms with van der Waals surface area (Å²) >= 11 is 6.17. The largest absolute Gasteiger partial charge is 0.222 e. The van der Waals surface area contributed by atoms with Gasteiger partial charge in [0.25, 0.3) is 0 Å². The number of nitrogens with zero attached hydrogens (tertiary/aromatic N) is 2. The number of aromatic nitrogens is 2. The fourth-order valence-electron chi connectivity index (χ4n) is 1.72. The molecule has 0 radical (unpaired) electrons. The van der Waals surface area contributed by atoms with Crippen LogP contribution in [0.5, 0.6) is 0 Å². The molecule has 0 atom stereocenters. The van der Waals surface area contributed by atoms with Crippen molar-refractivity contribution < 1.29 is 0 Å². The Kier molecular flexibility index (Phi) is 3.30.